The summed E-state index contributed by atoms with van der Waals surface area (Å²) in [5.41, 5.74) is 1.60. The molecule has 1 saturated carbocycles. The highest BCUT2D eigenvalue weighted by Crippen LogP contribution is 2.42. The van der Waals surface area contributed by atoms with Crippen LogP contribution in [0.25, 0.3) is 20.2 Å². The summed E-state index contributed by atoms with van der Waals surface area (Å²) in [6.45, 7) is 0. The van der Waals surface area contributed by atoms with Gasteiger partial charge in [0.1, 0.15) is 0 Å². The van der Waals surface area contributed by atoms with Crippen molar-refractivity contribution < 1.29 is 0 Å². The number of rotatable bonds is 1. The lowest BCUT2D eigenvalue weighted by molar-refractivity contribution is 0.730. The van der Waals surface area contributed by atoms with Gasteiger partial charge in [-0.2, -0.15) is 0 Å². The molecule has 1 fully saturated rings. The molecule has 0 nitrogen and oxygen atoms in total. The van der Waals surface area contributed by atoms with Crippen LogP contribution < -0.4 is 0 Å². The van der Waals surface area contributed by atoms with Gasteiger partial charge < -0.3 is 0 Å². The minimum absolute atomic E-state index is 0.807. The lowest BCUT2D eigenvalue weighted by Gasteiger charge is -2.10. The maximum Gasteiger partial charge on any atom is 0.0390 e. The monoisotopic (exact) mass is 252 g/mol. The Bertz CT molecular complexity index is 702. The smallest absolute Gasteiger partial charge is 0.0390 e. The van der Waals surface area contributed by atoms with E-state index in [1.807, 2.05) is 11.3 Å². The molecule has 1 aliphatic rings. The Hall–Kier alpha value is -1.34. The average Bonchev–Trinajstić information content (AvgIpc) is 3.05. The van der Waals surface area contributed by atoms with Crippen LogP contribution in [0.5, 0.6) is 0 Å². The molecular formula is C17H16S. The quantitative estimate of drug-likeness (QED) is 0.520. The molecule has 0 aliphatic heterocycles. The molecule has 0 unspecified atom stereocenters. The highest BCUT2D eigenvalue weighted by Gasteiger charge is 2.20. The molecule has 18 heavy (non-hydrogen) atoms. The van der Waals surface area contributed by atoms with Gasteiger partial charge in [-0.1, -0.05) is 49.2 Å². The first-order valence-corrected chi connectivity index (χ1v) is 7.65. The molecule has 0 amide bonds. The van der Waals surface area contributed by atoms with Gasteiger partial charge in [-0.25, -0.2) is 0 Å². The van der Waals surface area contributed by atoms with Crippen LogP contribution >= 0.6 is 11.3 Å². The van der Waals surface area contributed by atoms with E-state index < -0.39 is 0 Å². The Kier molecular flexibility index (Phi) is 2.41. The Morgan fingerprint density at radius 3 is 2.50 bits per heavy atom. The summed E-state index contributed by atoms with van der Waals surface area (Å²) < 4.78 is 2.96. The summed E-state index contributed by atoms with van der Waals surface area (Å²) in [6, 6.07) is 15.7. The Morgan fingerprint density at radius 2 is 1.61 bits per heavy atom. The van der Waals surface area contributed by atoms with Crippen molar-refractivity contribution in [1.82, 2.24) is 0 Å². The number of fused-ring (bicyclic) bond motifs is 3. The summed E-state index contributed by atoms with van der Waals surface area (Å²) in [7, 11) is 0. The van der Waals surface area contributed by atoms with Gasteiger partial charge in [-0.15, -0.1) is 11.3 Å². The maximum atomic E-state index is 2.35. The lowest BCUT2D eigenvalue weighted by Crippen LogP contribution is -1.91. The Balaban J connectivity index is 2.03. The first-order chi connectivity index (χ1) is 8.93. The van der Waals surface area contributed by atoms with Crippen LogP contribution in [0.1, 0.15) is 37.2 Å². The zero-order valence-corrected chi connectivity index (χ0v) is 11.2. The molecule has 0 bridgehead atoms. The summed E-state index contributed by atoms with van der Waals surface area (Å²) >= 11 is 1.98. The van der Waals surface area contributed by atoms with Crippen molar-refractivity contribution >= 4 is 31.5 Å². The molecule has 1 aromatic heterocycles. The van der Waals surface area contributed by atoms with Gasteiger partial charge in [-0.3, -0.25) is 0 Å². The molecule has 1 aliphatic carbocycles. The summed E-state index contributed by atoms with van der Waals surface area (Å²) in [5, 5.41) is 2.89. The fourth-order valence-corrected chi connectivity index (χ4v) is 4.62. The summed E-state index contributed by atoms with van der Waals surface area (Å²) in [6.07, 6.45) is 5.58. The van der Waals surface area contributed by atoms with Gasteiger partial charge in [0.05, 0.1) is 0 Å². The highest BCUT2D eigenvalue weighted by molar-refractivity contribution is 7.26. The van der Waals surface area contributed by atoms with Crippen molar-refractivity contribution in [1.29, 1.82) is 0 Å². The third-order valence-corrected chi connectivity index (χ3v) is 5.47. The molecule has 90 valence electrons. The normalized spacial score (nSPS) is 16.9. The number of hydrogen-bond donors (Lipinski definition) is 0. The molecule has 4 rings (SSSR count). The molecule has 0 radical (unpaired) electrons. The van der Waals surface area contributed by atoms with Crippen molar-refractivity contribution in [3.8, 4) is 0 Å². The topological polar surface area (TPSA) is 0 Å². The molecule has 1 heteroatoms. The molecule has 0 N–H and O–H groups in total. The number of benzene rings is 2. The fraction of sp³-hybridized carbons (Fsp3) is 0.294. The third kappa shape index (κ3) is 1.50. The zero-order valence-electron chi connectivity index (χ0n) is 10.4. The van der Waals surface area contributed by atoms with Crippen molar-refractivity contribution in [2.24, 2.45) is 0 Å². The Labute approximate surface area is 111 Å². The highest BCUT2D eigenvalue weighted by atomic mass is 32.1. The number of thiophene rings is 1. The molecular weight excluding hydrogens is 236 g/mol. The summed E-state index contributed by atoms with van der Waals surface area (Å²) in [4.78, 5) is 0. The van der Waals surface area contributed by atoms with Crippen LogP contribution in [0.3, 0.4) is 0 Å². The van der Waals surface area contributed by atoms with Crippen molar-refractivity contribution in [3.05, 3.63) is 48.0 Å². The molecule has 0 saturated heterocycles. The van der Waals surface area contributed by atoms with Gasteiger partial charge >= 0.3 is 0 Å². The van der Waals surface area contributed by atoms with Gasteiger partial charge in [0.25, 0.3) is 0 Å². The fourth-order valence-electron chi connectivity index (χ4n) is 3.33. The van der Waals surface area contributed by atoms with E-state index in [9.17, 15) is 0 Å². The maximum absolute atomic E-state index is 2.35. The van der Waals surface area contributed by atoms with Crippen LogP contribution in [0.2, 0.25) is 0 Å². The minimum Gasteiger partial charge on any atom is -0.135 e. The van der Waals surface area contributed by atoms with E-state index in [0.29, 0.717) is 0 Å². The van der Waals surface area contributed by atoms with E-state index in [-0.39, 0.29) is 0 Å². The van der Waals surface area contributed by atoms with Crippen LogP contribution in [0.15, 0.2) is 42.5 Å². The standard InChI is InChI=1S/C17H16S/c1-2-7-12(6-1)13-9-5-10-15-14-8-3-4-11-16(14)18-17(13)15/h3-5,8-12H,1-2,6-7H2. The van der Waals surface area contributed by atoms with E-state index in [0.717, 1.165) is 5.92 Å². The summed E-state index contributed by atoms with van der Waals surface area (Å²) in [5.74, 6) is 0.807. The molecule has 2 aromatic carbocycles. The first-order valence-electron chi connectivity index (χ1n) is 6.83. The third-order valence-electron chi connectivity index (χ3n) is 4.23. The zero-order chi connectivity index (χ0) is 11.9. The van der Waals surface area contributed by atoms with Crippen LogP contribution in [0.4, 0.5) is 0 Å². The molecule has 1 heterocycles. The van der Waals surface area contributed by atoms with Gasteiger partial charge in [0.2, 0.25) is 0 Å². The van der Waals surface area contributed by atoms with E-state index in [2.05, 4.69) is 42.5 Å². The van der Waals surface area contributed by atoms with E-state index in [1.165, 1.54) is 45.9 Å². The van der Waals surface area contributed by atoms with Gasteiger partial charge in [0.15, 0.2) is 0 Å². The second-order valence-corrected chi connectivity index (χ2v) is 6.36. The average molecular weight is 252 g/mol. The Morgan fingerprint density at radius 1 is 0.833 bits per heavy atom. The van der Waals surface area contributed by atoms with Crippen molar-refractivity contribution in [2.75, 3.05) is 0 Å². The molecule has 3 aromatic rings. The van der Waals surface area contributed by atoms with E-state index >= 15 is 0 Å². The SMILES string of the molecule is c1ccc2c(c1)sc1c(C3CCCC3)cccc12. The molecule has 0 atom stereocenters. The predicted octanol–water partition coefficient (Wildman–Crippen LogP) is 5.71. The van der Waals surface area contributed by atoms with Crippen molar-refractivity contribution in [3.63, 3.8) is 0 Å². The van der Waals surface area contributed by atoms with E-state index in [4.69, 9.17) is 0 Å². The van der Waals surface area contributed by atoms with E-state index in [1.54, 1.807) is 5.56 Å². The second-order valence-electron chi connectivity index (χ2n) is 5.30. The molecule has 0 spiro atoms. The first kappa shape index (κ1) is 10.6. The van der Waals surface area contributed by atoms with Gasteiger partial charge in [-0.05, 0) is 30.4 Å². The van der Waals surface area contributed by atoms with Crippen LogP contribution in [-0.4, -0.2) is 0 Å². The van der Waals surface area contributed by atoms with Gasteiger partial charge in [0, 0.05) is 20.2 Å². The van der Waals surface area contributed by atoms with Crippen molar-refractivity contribution in [2.45, 2.75) is 31.6 Å². The minimum atomic E-state index is 0.807. The largest absolute Gasteiger partial charge is 0.135 e. The second kappa shape index (κ2) is 4.10. The lowest BCUT2D eigenvalue weighted by atomic mass is 9.96. The number of hydrogen-bond acceptors (Lipinski definition) is 1. The predicted molar refractivity (Wildman–Crippen MR) is 80.5 cm³/mol. The van der Waals surface area contributed by atoms with Crippen LogP contribution in [0, 0.1) is 0 Å². The van der Waals surface area contributed by atoms with Crippen LogP contribution in [-0.2, 0) is 0 Å².